The fourth-order valence-electron chi connectivity index (χ4n) is 2.72. The molecule has 1 aromatic carbocycles. The molecule has 2 rings (SSSR count). The molecule has 118 valence electrons. The molecule has 0 spiro atoms. The van der Waals surface area contributed by atoms with Gasteiger partial charge in [-0.25, -0.2) is 0 Å². The Morgan fingerprint density at radius 2 is 1.67 bits per heavy atom. The lowest BCUT2D eigenvalue weighted by molar-refractivity contribution is -0.138. The van der Waals surface area contributed by atoms with Gasteiger partial charge in [0, 0.05) is 26.2 Å². The molecule has 1 heterocycles. The van der Waals surface area contributed by atoms with Crippen molar-refractivity contribution < 1.29 is 18.3 Å². The van der Waals surface area contributed by atoms with Crippen molar-refractivity contribution in [2.24, 2.45) is 0 Å². The molecule has 0 amide bonds. The number of rotatable bonds is 4. The van der Waals surface area contributed by atoms with Gasteiger partial charge >= 0.3 is 6.18 Å². The Morgan fingerprint density at radius 1 is 1.00 bits per heavy atom. The van der Waals surface area contributed by atoms with Gasteiger partial charge in [0.25, 0.3) is 0 Å². The van der Waals surface area contributed by atoms with Crippen LogP contribution < -0.4 is 0 Å². The largest absolute Gasteiger partial charge is 0.416 e. The van der Waals surface area contributed by atoms with E-state index in [2.05, 4.69) is 9.80 Å². The number of alkyl halides is 3. The van der Waals surface area contributed by atoms with Gasteiger partial charge in [0.2, 0.25) is 0 Å². The van der Waals surface area contributed by atoms with Gasteiger partial charge in [-0.1, -0.05) is 18.2 Å². The van der Waals surface area contributed by atoms with Crippen LogP contribution in [0.2, 0.25) is 0 Å². The van der Waals surface area contributed by atoms with Gasteiger partial charge in [0.05, 0.1) is 12.2 Å². The highest BCUT2D eigenvalue weighted by Gasteiger charge is 2.33. The molecular formula is C15H21F3N2O. The van der Waals surface area contributed by atoms with E-state index in [0.29, 0.717) is 18.7 Å². The Morgan fingerprint density at radius 3 is 2.38 bits per heavy atom. The van der Waals surface area contributed by atoms with E-state index in [9.17, 15) is 13.2 Å². The molecule has 1 N–H and O–H groups in total. The van der Waals surface area contributed by atoms with Crippen LogP contribution in [0.25, 0.3) is 0 Å². The predicted molar refractivity (Wildman–Crippen MR) is 74.9 cm³/mol. The zero-order chi connectivity index (χ0) is 15.3. The summed E-state index contributed by atoms with van der Waals surface area (Å²) in [6.07, 6.45) is -3.39. The highest BCUT2D eigenvalue weighted by Crippen LogP contribution is 2.32. The fourth-order valence-corrected chi connectivity index (χ4v) is 2.72. The van der Waals surface area contributed by atoms with E-state index in [1.54, 1.807) is 12.1 Å². The summed E-state index contributed by atoms with van der Waals surface area (Å²) in [6.45, 7) is 4.26. The second-order valence-corrected chi connectivity index (χ2v) is 5.35. The molecule has 6 heteroatoms. The molecule has 0 aliphatic carbocycles. The number of nitrogens with zero attached hydrogens (tertiary/aromatic N) is 2. The van der Waals surface area contributed by atoms with E-state index in [1.165, 1.54) is 6.07 Å². The third-order valence-electron chi connectivity index (χ3n) is 3.81. The van der Waals surface area contributed by atoms with Crippen LogP contribution in [-0.2, 0) is 12.7 Å². The summed E-state index contributed by atoms with van der Waals surface area (Å²) in [5.74, 6) is 0. The van der Waals surface area contributed by atoms with Crippen molar-refractivity contribution in [1.82, 2.24) is 9.80 Å². The van der Waals surface area contributed by atoms with E-state index < -0.39 is 11.7 Å². The van der Waals surface area contributed by atoms with Crippen LogP contribution in [-0.4, -0.2) is 54.2 Å². The van der Waals surface area contributed by atoms with E-state index in [1.807, 2.05) is 0 Å². The minimum atomic E-state index is -4.30. The number of hydrogen-bond donors (Lipinski definition) is 1. The average molecular weight is 302 g/mol. The van der Waals surface area contributed by atoms with Gasteiger partial charge < -0.3 is 5.11 Å². The monoisotopic (exact) mass is 302 g/mol. The summed E-state index contributed by atoms with van der Waals surface area (Å²) in [5, 5.41) is 8.96. The Kier molecular flexibility index (Phi) is 5.61. The molecular weight excluding hydrogens is 281 g/mol. The van der Waals surface area contributed by atoms with Crippen molar-refractivity contribution in [2.45, 2.75) is 19.1 Å². The molecule has 0 saturated carbocycles. The fraction of sp³-hybridized carbons (Fsp3) is 0.600. The Hall–Kier alpha value is -1.11. The first-order valence-electron chi connectivity index (χ1n) is 7.21. The van der Waals surface area contributed by atoms with Gasteiger partial charge in [-0.15, -0.1) is 0 Å². The molecule has 1 saturated heterocycles. The Balaban J connectivity index is 2.02. The van der Waals surface area contributed by atoms with Crippen LogP contribution in [0.4, 0.5) is 13.2 Å². The third kappa shape index (κ3) is 4.69. The normalized spacial score (nSPS) is 18.7. The molecule has 0 unspecified atom stereocenters. The maximum Gasteiger partial charge on any atom is 0.416 e. The minimum Gasteiger partial charge on any atom is -0.395 e. The SMILES string of the molecule is OCCN1CCCN(Cc2ccccc2C(F)(F)F)CC1. The van der Waals surface area contributed by atoms with Crippen molar-refractivity contribution in [3.8, 4) is 0 Å². The standard InChI is InChI=1S/C15H21F3N2O/c16-15(17,18)14-5-2-1-4-13(14)12-20-7-3-6-19(8-9-20)10-11-21/h1-2,4-5,21H,3,6-12H2. The predicted octanol–water partition coefficient (Wildman–Crippen LogP) is 2.21. The van der Waals surface area contributed by atoms with Gasteiger partial charge in [-0.05, 0) is 31.1 Å². The Bertz CT molecular complexity index is 451. The summed E-state index contributed by atoms with van der Waals surface area (Å²) in [7, 11) is 0. The second kappa shape index (κ2) is 7.24. The molecule has 0 atom stereocenters. The molecule has 21 heavy (non-hydrogen) atoms. The zero-order valence-corrected chi connectivity index (χ0v) is 11.9. The maximum atomic E-state index is 13.0. The maximum absolute atomic E-state index is 13.0. The molecule has 0 bridgehead atoms. The average Bonchev–Trinajstić information content (AvgIpc) is 2.64. The van der Waals surface area contributed by atoms with Crippen LogP contribution in [0, 0.1) is 0 Å². The Labute approximate surface area is 123 Å². The number of benzene rings is 1. The first-order valence-corrected chi connectivity index (χ1v) is 7.21. The number of aliphatic hydroxyl groups excluding tert-OH is 1. The van der Waals surface area contributed by atoms with Gasteiger partial charge in [0.1, 0.15) is 0 Å². The summed E-state index contributed by atoms with van der Waals surface area (Å²) in [6, 6.07) is 5.78. The number of halogens is 3. The number of hydrogen-bond acceptors (Lipinski definition) is 3. The molecule has 0 aromatic heterocycles. The van der Waals surface area contributed by atoms with Crippen LogP contribution in [0.5, 0.6) is 0 Å². The van der Waals surface area contributed by atoms with Crippen molar-refractivity contribution in [3.63, 3.8) is 0 Å². The van der Waals surface area contributed by atoms with Crippen LogP contribution in [0.15, 0.2) is 24.3 Å². The molecule has 1 aliphatic rings. The smallest absolute Gasteiger partial charge is 0.395 e. The molecule has 1 aromatic rings. The molecule has 1 fully saturated rings. The van der Waals surface area contributed by atoms with Crippen molar-refractivity contribution in [3.05, 3.63) is 35.4 Å². The second-order valence-electron chi connectivity index (χ2n) is 5.35. The topological polar surface area (TPSA) is 26.7 Å². The number of β-amino-alcohol motifs (C(OH)–C–C–N with tert-alkyl or cyclic N) is 1. The first-order chi connectivity index (χ1) is 10.0. The zero-order valence-electron chi connectivity index (χ0n) is 11.9. The van der Waals surface area contributed by atoms with Crippen LogP contribution >= 0.6 is 0 Å². The summed E-state index contributed by atoms with van der Waals surface area (Å²) < 4.78 is 39.0. The van der Waals surface area contributed by atoms with Crippen LogP contribution in [0.1, 0.15) is 17.5 Å². The summed E-state index contributed by atoms with van der Waals surface area (Å²) >= 11 is 0. The van der Waals surface area contributed by atoms with E-state index >= 15 is 0 Å². The summed E-state index contributed by atoms with van der Waals surface area (Å²) in [5.41, 5.74) is -0.206. The quantitative estimate of drug-likeness (QED) is 0.924. The lowest BCUT2D eigenvalue weighted by atomic mass is 10.1. The van der Waals surface area contributed by atoms with Gasteiger partial charge in [0.15, 0.2) is 0 Å². The number of aliphatic hydroxyl groups is 1. The highest BCUT2D eigenvalue weighted by molar-refractivity contribution is 5.29. The lowest BCUT2D eigenvalue weighted by Crippen LogP contribution is -2.32. The van der Waals surface area contributed by atoms with Gasteiger partial charge in [-0.3, -0.25) is 9.80 Å². The van der Waals surface area contributed by atoms with Crippen molar-refractivity contribution in [1.29, 1.82) is 0 Å². The van der Waals surface area contributed by atoms with Crippen LogP contribution in [0.3, 0.4) is 0 Å². The molecule has 0 radical (unpaired) electrons. The highest BCUT2D eigenvalue weighted by atomic mass is 19.4. The molecule has 3 nitrogen and oxygen atoms in total. The first kappa shape index (κ1) is 16.3. The van der Waals surface area contributed by atoms with E-state index in [0.717, 1.165) is 38.7 Å². The molecule has 1 aliphatic heterocycles. The van der Waals surface area contributed by atoms with Gasteiger partial charge in [-0.2, -0.15) is 13.2 Å². The minimum absolute atomic E-state index is 0.122. The van der Waals surface area contributed by atoms with E-state index in [-0.39, 0.29) is 6.61 Å². The third-order valence-corrected chi connectivity index (χ3v) is 3.81. The summed E-state index contributed by atoms with van der Waals surface area (Å²) in [4.78, 5) is 4.21. The van der Waals surface area contributed by atoms with Crippen molar-refractivity contribution >= 4 is 0 Å². The van der Waals surface area contributed by atoms with E-state index in [4.69, 9.17) is 5.11 Å². The lowest BCUT2D eigenvalue weighted by Gasteiger charge is -2.23. The van der Waals surface area contributed by atoms with Crippen molar-refractivity contribution in [2.75, 3.05) is 39.3 Å².